The van der Waals surface area contributed by atoms with Gasteiger partial charge in [-0.1, -0.05) is 6.58 Å². The lowest BCUT2D eigenvalue weighted by Gasteiger charge is -2.37. The van der Waals surface area contributed by atoms with Crippen LogP contribution in [0.15, 0.2) is 24.8 Å². The fourth-order valence-electron chi connectivity index (χ4n) is 2.48. The summed E-state index contributed by atoms with van der Waals surface area (Å²) in [6.45, 7) is 3.08. The van der Waals surface area contributed by atoms with Gasteiger partial charge in [-0.3, -0.25) is 0 Å². The van der Waals surface area contributed by atoms with Crippen molar-refractivity contribution in [2.24, 2.45) is 0 Å². The first-order chi connectivity index (χ1) is 14.0. The standard InChI is InChI=1S/C16H10F12O4/c1-3-10(29)32-9-5-7(11(30,13(17,18)19)14(20,21)22)4-8(6(9)2)12(31,15(23,24)25)16(26,27)28/h3-5,30-31H,1H2,2H3. The minimum atomic E-state index is -6.73. The molecule has 0 saturated carbocycles. The zero-order chi connectivity index (χ0) is 25.7. The van der Waals surface area contributed by atoms with Crippen LogP contribution in [0.3, 0.4) is 0 Å². The lowest BCUT2D eigenvalue weighted by Crippen LogP contribution is -2.56. The molecule has 0 radical (unpaired) electrons. The molecule has 32 heavy (non-hydrogen) atoms. The van der Waals surface area contributed by atoms with Gasteiger partial charge < -0.3 is 14.9 Å². The van der Waals surface area contributed by atoms with E-state index in [2.05, 4.69) is 11.3 Å². The molecule has 0 saturated heterocycles. The number of hydrogen-bond donors (Lipinski definition) is 2. The quantitative estimate of drug-likeness (QED) is 0.276. The summed E-state index contributed by atoms with van der Waals surface area (Å²) < 4.78 is 162. The summed E-state index contributed by atoms with van der Waals surface area (Å²) in [5.41, 5.74) is -18.8. The minimum Gasteiger partial charge on any atom is -0.423 e. The third-order valence-corrected chi connectivity index (χ3v) is 4.19. The van der Waals surface area contributed by atoms with Crippen molar-refractivity contribution in [2.45, 2.75) is 42.8 Å². The largest absolute Gasteiger partial charge is 0.430 e. The van der Waals surface area contributed by atoms with Crippen LogP contribution in [0.5, 0.6) is 5.75 Å². The van der Waals surface area contributed by atoms with Crippen molar-refractivity contribution in [3.05, 3.63) is 41.5 Å². The van der Waals surface area contributed by atoms with E-state index in [0.717, 1.165) is 0 Å². The lowest BCUT2D eigenvalue weighted by atomic mass is 9.82. The van der Waals surface area contributed by atoms with Crippen molar-refractivity contribution < 1.29 is 72.4 Å². The Balaban J connectivity index is 4.26. The minimum absolute atomic E-state index is 0.227. The van der Waals surface area contributed by atoms with E-state index in [1.807, 2.05) is 0 Å². The first kappa shape index (κ1) is 27.5. The maximum Gasteiger partial charge on any atom is 0.430 e. The molecular formula is C16H10F12O4. The van der Waals surface area contributed by atoms with E-state index in [4.69, 9.17) is 0 Å². The molecule has 1 rings (SSSR count). The first-order valence-electron chi connectivity index (χ1n) is 7.68. The van der Waals surface area contributed by atoms with Crippen LogP contribution in [-0.4, -0.2) is 40.9 Å². The zero-order valence-corrected chi connectivity index (χ0v) is 15.2. The Kier molecular flexibility index (Phi) is 6.74. The summed E-state index contributed by atoms with van der Waals surface area (Å²) in [6.07, 6.45) is -26.7. The number of aliphatic hydroxyl groups is 2. The molecule has 0 spiro atoms. The number of carbonyl (C=O) groups is 1. The summed E-state index contributed by atoms with van der Waals surface area (Å²) in [6, 6.07) is -1.41. The van der Waals surface area contributed by atoms with E-state index >= 15 is 0 Å². The summed E-state index contributed by atoms with van der Waals surface area (Å²) in [7, 11) is 0. The molecule has 4 nitrogen and oxygen atoms in total. The highest BCUT2D eigenvalue weighted by Gasteiger charge is 2.74. The van der Waals surface area contributed by atoms with E-state index in [0.29, 0.717) is 0 Å². The normalized spacial score (nSPS) is 14.3. The van der Waals surface area contributed by atoms with Gasteiger partial charge in [-0.2, -0.15) is 52.7 Å². The molecule has 0 aliphatic carbocycles. The van der Waals surface area contributed by atoms with Crippen molar-refractivity contribution >= 4 is 5.97 Å². The molecule has 0 atom stereocenters. The maximum atomic E-state index is 13.2. The lowest BCUT2D eigenvalue weighted by molar-refractivity contribution is -0.378. The van der Waals surface area contributed by atoms with Crippen molar-refractivity contribution in [1.82, 2.24) is 0 Å². The van der Waals surface area contributed by atoms with Crippen LogP contribution in [0.2, 0.25) is 0 Å². The Labute approximate surface area is 169 Å². The third-order valence-electron chi connectivity index (χ3n) is 4.19. The number of hydrogen-bond acceptors (Lipinski definition) is 4. The third kappa shape index (κ3) is 4.24. The molecule has 1 aromatic rings. The molecule has 0 aliphatic heterocycles. The first-order valence-corrected chi connectivity index (χ1v) is 7.68. The molecule has 0 aromatic heterocycles. The highest BCUT2D eigenvalue weighted by atomic mass is 19.4. The van der Waals surface area contributed by atoms with Crippen molar-refractivity contribution in [3.63, 3.8) is 0 Å². The summed E-state index contributed by atoms with van der Waals surface area (Å²) in [5.74, 6) is -3.39. The van der Waals surface area contributed by atoms with Gasteiger partial charge in [0.15, 0.2) is 0 Å². The Bertz CT molecular complexity index is 864. The van der Waals surface area contributed by atoms with Gasteiger partial charge in [-0.05, 0) is 24.6 Å². The van der Waals surface area contributed by atoms with Crippen LogP contribution in [0, 0.1) is 6.92 Å². The molecule has 0 bridgehead atoms. The van der Waals surface area contributed by atoms with Crippen LogP contribution in [0.1, 0.15) is 16.7 Å². The SMILES string of the molecule is C=CC(=O)Oc1cc(C(O)(C(F)(F)F)C(F)(F)F)cc(C(O)(C(F)(F)F)C(F)(F)F)c1C. The van der Waals surface area contributed by atoms with E-state index in [1.54, 1.807) is 0 Å². The van der Waals surface area contributed by atoms with Gasteiger partial charge >= 0.3 is 30.7 Å². The van der Waals surface area contributed by atoms with Crippen molar-refractivity contribution in [2.75, 3.05) is 0 Å². The average molecular weight is 494 g/mol. The van der Waals surface area contributed by atoms with Crippen molar-refractivity contribution in [1.29, 1.82) is 0 Å². The Morgan fingerprint density at radius 2 is 1.19 bits per heavy atom. The number of ether oxygens (including phenoxy) is 1. The fourth-order valence-corrected chi connectivity index (χ4v) is 2.48. The van der Waals surface area contributed by atoms with Gasteiger partial charge in [-0.25, -0.2) is 4.79 Å². The molecule has 0 unspecified atom stereocenters. The Morgan fingerprint density at radius 3 is 1.50 bits per heavy atom. The number of benzene rings is 1. The second-order valence-electron chi connectivity index (χ2n) is 6.18. The van der Waals surface area contributed by atoms with Crippen LogP contribution >= 0.6 is 0 Å². The maximum absolute atomic E-state index is 13.2. The molecule has 182 valence electrons. The zero-order valence-electron chi connectivity index (χ0n) is 15.2. The van der Waals surface area contributed by atoms with E-state index in [9.17, 15) is 67.7 Å². The fraction of sp³-hybridized carbons (Fsp3) is 0.438. The van der Waals surface area contributed by atoms with Gasteiger partial charge in [0.1, 0.15) is 5.75 Å². The second kappa shape index (κ2) is 7.83. The van der Waals surface area contributed by atoms with E-state index in [-0.39, 0.29) is 13.0 Å². The number of halogens is 12. The van der Waals surface area contributed by atoms with Crippen LogP contribution in [-0.2, 0) is 16.0 Å². The highest BCUT2D eigenvalue weighted by Crippen LogP contribution is 2.55. The summed E-state index contributed by atoms with van der Waals surface area (Å²) in [4.78, 5) is 11.3. The molecular weight excluding hydrogens is 484 g/mol. The Hall–Kier alpha value is -2.49. The van der Waals surface area contributed by atoms with Crippen LogP contribution in [0.25, 0.3) is 0 Å². The Morgan fingerprint density at radius 1 is 0.812 bits per heavy atom. The predicted molar refractivity (Wildman–Crippen MR) is 79.0 cm³/mol. The van der Waals surface area contributed by atoms with Gasteiger partial charge in [-0.15, -0.1) is 0 Å². The van der Waals surface area contributed by atoms with Crippen LogP contribution in [0.4, 0.5) is 52.7 Å². The van der Waals surface area contributed by atoms with Gasteiger partial charge in [0.2, 0.25) is 0 Å². The summed E-state index contributed by atoms with van der Waals surface area (Å²) >= 11 is 0. The number of rotatable bonds is 4. The van der Waals surface area contributed by atoms with Gasteiger partial charge in [0.05, 0.1) is 0 Å². The molecule has 0 fully saturated rings. The number of alkyl halides is 12. The van der Waals surface area contributed by atoms with Gasteiger partial charge in [0, 0.05) is 17.2 Å². The van der Waals surface area contributed by atoms with Gasteiger partial charge in [0.25, 0.3) is 11.2 Å². The topological polar surface area (TPSA) is 66.8 Å². The molecule has 0 amide bonds. The highest BCUT2D eigenvalue weighted by molar-refractivity contribution is 5.83. The molecule has 2 N–H and O–H groups in total. The average Bonchev–Trinajstić information content (AvgIpc) is 2.57. The monoisotopic (exact) mass is 494 g/mol. The van der Waals surface area contributed by atoms with E-state index < -0.39 is 76.4 Å². The predicted octanol–water partition coefficient (Wildman–Crippen LogP) is 4.71. The molecule has 0 aliphatic rings. The molecule has 1 aromatic carbocycles. The molecule has 16 heteroatoms. The number of carbonyl (C=O) groups excluding carboxylic acids is 1. The van der Waals surface area contributed by atoms with Crippen LogP contribution < -0.4 is 4.74 Å². The smallest absolute Gasteiger partial charge is 0.423 e. The number of esters is 1. The molecule has 0 heterocycles. The van der Waals surface area contributed by atoms with Crippen molar-refractivity contribution in [3.8, 4) is 5.75 Å². The second-order valence-corrected chi connectivity index (χ2v) is 6.18. The van der Waals surface area contributed by atoms with E-state index in [1.165, 1.54) is 0 Å². The summed E-state index contributed by atoms with van der Waals surface area (Å²) in [5, 5.41) is 18.9.